The molecule has 2 aliphatic rings. The molecule has 6 nitrogen and oxygen atoms in total. The minimum atomic E-state index is -0.469. The van der Waals surface area contributed by atoms with E-state index in [1.54, 1.807) is 0 Å². The summed E-state index contributed by atoms with van der Waals surface area (Å²) in [6.45, 7) is 5.36. The molecule has 34 heavy (non-hydrogen) atoms. The fourth-order valence-corrected chi connectivity index (χ4v) is 4.03. The molecule has 1 heterocycles. The summed E-state index contributed by atoms with van der Waals surface area (Å²) in [4.78, 5) is 24.5. The van der Waals surface area contributed by atoms with E-state index in [0.717, 1.165) is 34.7 Å². The average Bonchev–Trinajstić information content (AvgIpc) is 2.74. The molecule has 1 fully saturated rings. The fourth-order valence-electron chi connectivity index (χ4n) is 4.03. The number of phenols is 1. The topological polar surface area (TPSA) is 72.8 Å². The molecule has 6 heteroatoms. The molecule has 1 atom stereocenters. The second kappa shape index (κ2) is 11.0. The van der Waals surface area contributed by atoms with Gasteiger partial charge in [0.1, 0.15) is 23.4 Å². The van der Waals surface area contributed by atoms with Crippen molar-refractivity contribution in [2.24, 2.45) is 5.92 Å². The first-order valence-corrected chi connectivity index (χ1v) is 12.1. The number of carbonyl (C=O) groups is 2. The van der Waals surface area contributed by atoms with Crippen LogP contribution in [-0.2, 0) is 0 Å². The van der Waals surface area contributed by atoms with Crippen molar-refractivity contribution in [3.05, 3.63) is 53.1 Å². The van der Waals surface area contributed by atoms with Crippen LogP contribution in [0.4, 0.5) is 0 Å². The van der Waals surface area contributed by atoms with Crippen LogP contribution >= 0.6 is 0 Å². The zero-order valence-corrected chi connectivity index (χ0v) is 21.1. The molecule has 1 N–H and O–H groups in total. The van der Waals surface area contributed by atoms with Gasteiger partial charge in [-0.15, -0.1) is 0 Å². The van der Waals surface area contributed by atoms with Crippen LogP contribution in [-0.4, -0.2) is 55.5 Å². The van der Waals surface area contributed by atoms with Gasteiger partial charge in [-0.1, -0.05) is 38.3 Å². The number of hydrogen-bond acceptors (Lipinski definition) is 5. The predicted octanol–water partition coefficient (Wildman–Crippen LogP) is 5.58. The molecule has 1 aliphatic carbocycles. The van der Waals surface area contributed by atoms with Gasteiger partial charge in [0.25, 0.3) is 0 Å². The van der Waals surface area contributed by atoms with E-state index in [4.69, 9.17) is 9.47 Å². The van der Waals surface area contributed by atoms with E-state index in [0.29, 0.717) is 6.61 Å². The third-order valence-corrected chi connectivity index (χ3v) is 6.27. The predicted molar refractivity (Wildman–Crippen MR) is 133 cm³/mol. The Balaban J connectivity index is 0.000000574. The second-order valence-electron chi connectivity index (χ2n) is 10.5. The minimum Gasteiger partial charge on any atom is -0.508 e. The van der Waals surface area contributed by atoms with Crippen molar-refractivity contribution in [2.45, 2.75) is 52.1 Å². The van der Waals surface area contributed by atoms with E-state index in [9.17, 15) is 14.7 Å². The Morgan fingerprint density at radius 1 is 1.15 bits per heavy atom. The molecule has 1 saturated carbocycles. The van der Waals surface area contributed by atoms with E-state index in [-0.39, 0.29) is 40.6 Å². The lowest BCUT2D eigenvalue weighted by atomic mass is 9.88. The Morgan fingerprint density at radius 3 is 2.32 bits per heavy atom. The normalized spacial score (nSPS) is 17.6. The number of rotatable bonds is 7. The van der Waals surface area contributed by atoms with Crippen LogP contribution in [0.5, 0.6) is 17.2 Å². The lowest BCUT2D eigenvalue weighted by molar-refractivity contribution is -0.870. The number of benzene rings is 2. The number of quaternary nitrogens is 1. The van der Waals surface area contributed by atoms with Crippen molar-refractivity contribution in [3.8, 4) is 17.2 Å². The number of hydrogen-bond donors (Lipinski definition) is 1. The van der Waals surface area contributed by atoms with Crippen molar-refractivity contribution in [1.82, 2.24) is 0 Å². The number of Topliss-reactive ketones (excluding diaryl/α,β-unsaturated/α-hetero) is 2. The Labute approximate surface area is 203 Å². The van der Waals surface area contributed by atoms with Gasteiger partial charge >= 0.3 is 0 Å². The number of fused-ring (bicyclic) bond motifs is 1. The van der Waals surface area contributed by atoms with Gasteiger partial charge in [-0.3, -0.25) is 9.59 Å². The van der Waals surface area contributed by atoms with E-state index in [2.05, 4.69) is 28.1 Å². The van der Waals surface area contributed by atoms with Gasteiger partial charge in [0, 0.05) is 18.1 Å². The Bertz CT molecular complexity index is 1000. The number of carbonyl (C=O) groups excluding carboxylic acids is 2. The average molecular weight is 469 g/mol. The van der Waals surface area contributed by atoms with Gasteiger partial charge in [-0.05, 0) is 36.6 Å². The third-order valence-electron chi connectivity index (χ3n) is 6.27. The first-order chi connectivity index (χ1) is 16.0. The molecule has 184 valence electrons. The van der Waals surface area contributed by atoms with Gasteiger partial charge in [-0.25, -0.2) is 0 Å². The lowest BCUT2D eigenvalue weighted by Gasteiger charge is -2.27. The summed E-state index contributed by atoms with van der Waals surface area (Å²) in [5, 5.41) is 9.89. The highest BCUT2D eigenvalue weighted by atomic mass is 16.5. The minimum absolute atomic E-state index is 0.0972. The molecule has 0 aromatic heterocycles. The molecule has 1 unspecified atom stereocenters. The Hall–Kier alpha value is -2.86. The molecule has 0 saturated heterocycles. The zero-order valence-electron chi connectivity index (χ0n) is 21.1. The smallest absolute Gasteiger partial charge is 0.171 e. The molecular formula is C28H38NO5+. The summed E-state index contributed by atoms with van der Waals surface area (Å²) < 4.78 is 12.7. The van der Waals surface area contributed by atoms with E-state index < -0.39 is 6.10 Å². The van der Waals surface area contributed by atoms with Crippen molar-refractivity contribution in [2.75, 3.05) is 34.3 Å². The molecular weight excluding hydrogens is 430 g/mol. The van der Waals surface area contributed by atoms with E-state index >= 15 is 0 Å². The van der Waals surface area contributed by atoms with E-state index in [1.165, 1.54) is 38.3 Å². The van der Waals surface area contributed by atoms with Crippen molar-refractivity contribution >= 4 is 11.6 Å². The molecule has 1 aliphatic heterocycles. The molecule has 4 rings (SSSR count). The second-order valence-corrected chi connectivity index (χ2v) is 10.5. The highest BCUT2D eigenvalue weighted by Crippen LogP contribution is 2.39. The largest absolute Gasteiger partial charge is 0.508 e. The highest BCUT2D eigenvalue weighted by Gasteiger charge is 2.31. The van der Waals surface area contributed by atoms with Gasteiger partial charge in [0.05, 0.1) is 46.3 Å². The van der Waals surface area contributed by atoms with E-state index in [1.807, 2.05) is 24.3 Å². The first-order valence-electron chi connectivity index (χ1n) is 12.1. The third kappa shape index (κ3) is 7.07. The van der Waals surface area contributed by atoms with Crippen LogP contribution in [0.25, 0.3) is 0 Å². The summed E-state index contributed by atoms with van der Waals surface area (Å²) >= 11 is 0. The molecule has 0 bridgehead atoms. The maximum absolute atomic E-state index is 12.7. The van der Waals surface area contributed by atoms with Crippen molar-refractivity contribution in [1.29, 1.82) is 0 Å². The van der Waals surface area contributed by atoms with Crippen LogP contribution in [0.1, 0.15) is 78.3 Å². The van der Waals surface area contributed by atoms with Gasteiger partial charge in [0.2, 0.25) is 0 Å². The Morgan fingerprint density at radius 2 is 1.79 bits per heavy atom. The molecule has 0 spiro atoms. The fraction of sp³-hybridized carbons (Fsp3) is 0.500. The maximum Gasteiger partial charge on any atom is 0.171 e. The number of ether oxygens (including phenoxy) is 2. The number of phenolic OH excluding ortho intramolecular Hbond substituents is 1. The molecule has 2 aromatic rings. The number of ketones is 2. The van der Waals surface area contributed by atoms with Crippen LogP contribution in [0, 0.1) is 5.92 Å². The first kappa shape index (κ1) is 25.8. The SMILES string of the molecule is CC(=O)c1cc(O)cc2c1C(=O)CC(c1ccc(OCCC[N+](C)(C)C)cc1)O2.CC1CCC1. The molecule has 2 aromatic carbocycles. The summed E-state index contributed by atoms with van der Waals surface area (Å²) in [6, 6.07) is 10.2. The van der Waals surface area contributed by atoms with Crippen molar-refractivity contribution < 1.29 is 28.7 Å². The van der Waals surface area contributed by atoms with Crippen LogP contribution in [0.15, 0.2) is 36.4 Å². The summed E-state index contributed by atoms with van der Waals surface area (Å²) in [7, 11) is 6.45. The summed E-state index contributed by atoms with van der Waals surface area (Å²) in [6.07, 6.45) is 5.09. The summed E-state index contributed by atoms with van der Waals surface area (Å²) in [5.74, 6) is 1.54. The van der Waals surface area contributed by atoms with Gasteiger partial charge < -0.3 is 19.1 Å². The monoisotopic (exact) mass is 468 g/mol. The van der Waals surface area contributed by atoms with Crippen molar-refractivity contribution in [3.63, 3.8) is 0 Å². The Kier molecular flexibility index (Phi) is 8.37. The van der Waals surface area contributed by atoms with Gasteiger partial charge in [0.15, 0.2) is 11.6 Å². The lowest BCUT2D eigenvalue weighted by Crippen LogP contribution is -2.35. The molecule has 0 amide bonds. The van der Waals surface area contributed by atoms with Gasteiger partial charge in [-0.2, -0.15) is 0 Å². The van der Waals surface area contributed by atoms with Crippen LogP contribution in [0.3, 0.4) is 0 Å². The standard InChI is InChI=1S/C23H27NO5.C5H10/c1-15(25)19-12-17(26)13-22-23(19)20(27)14-21(29-22)16-6-8-18(9-7-16)28-11-5-10-24(2,3)4;1-5-3-2-4-5/h6-9,12-13,21H,5,10-11,14H2,1-4H3;5H,2-4H2,1H3/p+1. The number of aromatic hydroxyl groups is 1. The zero-order chi connectivity index (χ0) is 24.9. The summed E-state index contributed by atoms with van der Waals surface area (Å²) in [5.41, 5.74) is 1.29. The quantitative estimate of drug-likeness (QED) is 0.326. The molecule has 0 radical (unpaired) electrons. The maximum atomic E-state index is 12.7. The highest BCUT2D eigenvalue weighted by molar-refractivity contribution is 6.10. The van der Waals surface area contributed by atoms with Crippen LogP contribution in [0.2, 0.25) is 0 Å². The van der Waals surface area contributed by atoms with Crippen LogP contribution < -0.4 is 9.47 Å². The number of nitrogens with zero attached hydrogens (tertiary/aromatic N) is 1.